The molecule has 2 rings (SSSR count). The van der Waals surface area contributed by atoms with Gasteiger partial charge in [0.05, 0.1) is 0 Å². The molecule has 1 N–H and O–H groups in total. The second-order valence-corrected chi connectivity index (χ2v) is 8.17. The number of hydrogen-bond acceptors (Lipinski definition) is 2. The van der Waals surface area contributed by atoms with Crippen LogP contribution in [0.3, 0.4) is 0 Å². The molecule has 0 bridgehead atoms. The van der Waals surface area contributed by atoms with Crippen molar-refractivity contribution >= 4 is 17.4 Å². The molecule has 0 heterocycles. The summed E-state index contributed by atoms with van der Waals surface area (Å²) in [5, 5.41) is 3.86. The monoisotopic (exact) mass is 303 g/mol. The van der Waals surface area contributed by atoms with Gasteiger partial charge in [-0.25, -0.2) is 0 Å². The lowest BCUT2D eigenvalue weighted by Crippen LogP contribution is -2.39. The average Bonchev–Trinajstić information content (AvgIpc) is 2.46. The summed E-state index contributed by atoms with van der Waals surface area (Å²) >= 11 is 1.86. The third-order valence-electron chi connectivity index (χ3n) is 4.46. The van der Waals surface area contributed by atoms with Crippen LogP contribution in [0.5, 0.6) is 0 Å². The molecule has 2 heteroatoms. The maximum atomic E-state index is 3.86. The minimum Gasteiger partial charge on any atom is -0.381 e. The number of nitrogens with one attached hydrogen (secondary N) is 1. The van der Waals surface area contributed by atoms with Gasteiger partial charge in [-0.3, -0.25) is 0 Å². The molecule has 0 spiro atoms. The topological polar surface area (TPSA) is 12.0 Å². The molecule has 1 fully saturated rings. The SMILES string of the molecule is C=CCSc1ccccc1NC1CCCCC1C(C)(C)C. The van der Waals surface area contributed by atoms with Gasteiger partial charge in [-0.05, 0) is 36.3 Å². The third-order valence-corrected chi connectivity index (χ3v) is 5.53. The van der Waals surface area contributed by atoms with Gasteiger partial charge in [0.2, 0.25) is 0 Å². The summed E-state index contributed by atoms with van der Waals surface area (Å²) in [6.45, 7) is 11.0. The van der Waals surface area contributed by atoms with Gasteiger partial charge in [0.15, 0.2) is 0 Å². The first-order valence-electron chi connectivity index (χ1n) is 8.11. The third kappa shape index (κ3) is 4.54. The van der Waals surface area contributed by atoms with Crippen LogP contribution in [0, 0.1) is 11.3 Å². The largest absolute Gasteiger partial charge is 0.381 e. The fraction of sp³-hybridized carbons (Fsp3) is 0.579. The van der Waals surface area contributed by atoms with Crippen LogP contribution in [0.25, 0.3) is 0 Å². The summed E-state index contributed by atoms with van der Waals surface area (Å²) < 4.78 is 0. The van der Waals surface area contributed by atoms with Crippen molar-refractivity contribution in [2.75, 3.05) is 11.1 Å². The van der Waals surface area contributed by atoms with Crippen LogP contribution in [0.4, 0.5) is 5.69 Å². The Balaban J connectivity index is 2.13. The van der Waals surface area contributed by atoms with Gasteiger partial charge >= 0.3 is 0 Å². The molecule has 2 unspecified atom stereocenters. The van der Waals surface area contributed by atoms with Gasteiger partial charge in [-0.2, -0.15) is 0 Å². The van der Waals surface area contributed by atoms with E-state index in [0.29, 0.717) is 11.5 Å². The average molecular weight is 304 g/mol. The Morgan fingerprint density at radius 2 is 1.95 bits per heavy atom. The van der Waals surface area contributed by atoms with Gasteiger partial charge in [-0.1, -0.05) is 51.8 Å². The Morgan fingerprint density at radius 1 is 1.24 bits per heavy atom. The number of rotatable bonds is 5. The van der Waals surface area contributed by atoms with Gasteiger partial charge < -0.3 is 5.32 Å². The summed E-state index contributed by atoms with van der Waals surface area (Å²) in [4.78, 5) is 1.34. The predicted octanol–water partition coefficient (Wildman–Crippen LogP) is 5.98. The van der Waals surface area contributed by atoms with Crippen LogP contribution in [0.2, 0.25) is 0 Å². The Labute approximate surface area is 134 Å². The maximum Gasteiger partial charge on any atom is 0.0480 e. The molecule has 0 radical (unpaired) electrons. The van der Waals surface area contributed by atoms with E-state index in [2.05, 4.69) is 56.9 Å². The van der Waals surface area contributed by atoms with Gasteiger partial charge in [0.25, 0.3) is 0 Å². The highest BCUT2D eigenvalue weighted by Crippen LogP contribution is 2.40. The van der Waals surface area contributed by atoms with Crippen LogP contribution in [-0.2, 0) is 0 Å². The van der Waals surface area contributed by atoms with Gasteiger partial charge in [0, 0.05) is 22.4 Å². The van der Waals surface area contributed by atoms with Crippen molar-refractivity contribution < 1.29 is 0 Å². The van der Waals surface area contributed by atoms with E-state index in [1.807, 2.05) is 17.8 Å². The number of hydrogen-bond donors (Lipinski definition) is 1. The van der Waals surface area contributed by atoms with E-state index < -0.39 is 0 Å². The molecule has 1 nitrogen and oxygen atoms in total. The quantitative estimate of drug-likeness (QED) is 0.530. The standard InChI is InChI=1S/C19H29NS/c1-5-14-21-18-13-9-8-12-17(18)20-16-11-7-6-10-15(16)19(2,3)4/h5,8-9,12-13,15-16,20H,1,6-7,10-11,14H2,2-4H3. The summed E-state index contributed by atoms with van der Waals surface area (Å²) in [6.07, 6.45) is 7.35. The molecule has 1 aliphatic carbocycles. The smallest absolute Gasteiger partial charge is 0.0480 e. The van der Waals surface area contributed by atoms with Crippen LogP contribution in [0.15, 0.2) is 41.8 Å². The molecule has 21 heavy (non-hydrogen) atoms. The van der Waals surface area contributed by atoms with Crippen molar-refractivity contribution in [1.82, 2.24) is 0 Å². The summed E-state index contributed by atoms with van der Waals surface area (Å²) in [5.41, 5.74) is 1.67. The number of benzene rings is 1. The van der Waals surface area contributed by atoms with Crippen LogP contribution >= 0.6 is 11.8 Å². The maximum absolute atomic E-state index is 3.86. The summed E-state index contributed by atoms with van der Waals surface area (Å²) in [7, 11) is 0. The van der Waals surface area contributed by atoms with Crippen molar-refractivity contribution in [3.63, 3.8) is 0 Å². The Kier molecular flexibility index (Phi) is 5.80. The summed E-state index contributed by atoms with van der Waals surface area (Å²) in [6, 6.07) is 9.29. The number of anilines is 1. The van der Waals surface area contributed by atoms with Gasteiger partial charge in [-0.15, -0.1) is 18.3 Å². The molecule has 1 saturated carbocycles. The summed E-state index contributed by atoms with van der Waals surface area (Å²) in [5.74, 6) is 1.72. The Bertz CT molecular complexity index is 461. The zero-order valence-electron chi connectivity index (χ0n) is 13.7. The minimum absolute atomic E-state index is 0.376. The molecule has 1 aromatic rings. The lowest BCUT2D eigenvalue weighted by Gasteiger charge is -2.41. The van der Waals surface area contributed by atoms with E-state index in [-0.39, 0.29) is 0 Å². The van der Waals surface area contributed by atoms with E-state index in [1.165, 1.54) is 36.3 Å². The fourth-order valence-electron chi connectivity index (χ4n) is 3.40. The van der Waals surface area contributed by atoms with Crippen molar-refractivity contribution in [2.24, 2.45) is 11.3 Å². The molecule has 1 aromatic carbocycles. The highest BCUT2D eigenvalue weighted by Gasteiger charge is 2.34. The Hall–Kier alpha value is -0.890. The zero-order chi connectivity index (χ0) is 15.3. The fourth-order valence-corrected chi connectivity index (χ4v) is 4.16. The number of para-hydroxylation sites is 1. The molecule has 0 saturated heterocycles. The molecular formula is C19H29NS. The lowest BCUT2D eigenvalue weighted by molar-refractivity contribution is 0.162. The zero-order valence-corrected chi connectivity index (χ0v) is 14.5. The molecule has 0 aliphatic heterocycles. The van der Waals surface area contributed by atoms with Crippen molar-refractivity contribution in [3.8, 4) is 0 Å². The molecule has 2 atom stereocenters. The normalized spacial score (nSPS) is 22.8. The molecular weight excluding hydrogens is 274 g/mol. The minimum atomic E-state index is 0.376. The first-order chi connectivity index (χ1) is 10.0. The van der Waals surface area contributed by atoms with Crippen molar-refractivity contribution in [3.05, 3.63) is 36.9 Å². The predicted molar refractivity (Wildman–Crippen MR) is 96.2 cm³/mol. The second-order valence-electron chi connectivity index (χ2n) is 7.10. The Morgan fingerprint density at radius 3 is 2.67 bits per heavy atom. The molecule has 0 amide bonds. The molecule has 0 aromatic heterocycles. The van der Waals surface area contributed by atoms with E-state index in [1.54, 1.807) is 0 Å². The second kappa shape index (κ2) is 7.40. The first kappa shape index (κ1) is 16.5. The van der Waals surface area contributed by atoms with Gasteiger partial charge in [0.1, 0.15) is 0 Å². The highest BCUT2D eigenvalue weighted by atomic mass is 32.2. The van der Waals surface area contributed by atoms with Crippen LogP contribution in [0.1, 0.15) is 46.5 Å². The molecule has 1 aliphatic rings. The van der Waals surface area contributed by atoms with E-state index in [4.69, 9.17) is 0 Å². The van der Waals surface area contributed by atoms with Crippen LogP contribution < -0.4 is 5.32 Å². The van der Waals surface area contributed by atoms with Crippen LogP contribution in [-0.4, -0.2) is 11.8 Å². The van der Waals surface area contributed by atoms with E-state index in [9.17, 15) is 0 Å². The lowest BCUT2D eigenvalue weighted by atomic mass is 9.69. The van der Waals surface area contributed by atoms with Crippen molar-refractivity contribution in [2.45, 2.75) is 57.4 Å². The van der Waals surface area contributed by atoms with E-state index in [0.717, 1.165) is 11.7 Å². The first-order valence-corrected chi connectivity index (χ1v) is 9.10. The molecule has 116 valence electrons. The van der Waals surface area contributed by atoms with Crippen molar-refractivity contribution in [1.29, 1.82) is 0 Å². The highest BCUT2D eigenvalue weighted by molar-refractivity contribution is 7.99. The number of thioether (sulfide) groups is 1. The van der Waals surface area contributed by atoms with E-state index >= 15 is 0 Å².